The average molecular weight is 239 g/mol. The summed E-state index contributed by atoms with van der Waals surface area (Å²) in [6.45, 7) is 6.12. The summed E-state index contributed by atoms with van der Waals surface area (Å²) in [7, 11) is 0. The van der Waals surface area contributed by atoms with Crippen LogP contribution in [0.5, 0.6) is 0 Å². The molecule has 1 rings (SSSR count). The molecule has 0 atom stereocenters. The molecule has 0 bridgehead atoms. The number of carbonyl (C=O) groups is 1. The van der Waals surface area contributed by atoms with Crippen molar-refractivity contribution in [3.63, 3.8) is 0 Å². The number of carbonyl (C=O) groups excluding carboxylic acids is 1. The highest BCUT2D eigenvalue weighted by atomic mass is 35.5. The van der Waals surface area contributed by atoms with Crippen molar-refractivity contribution < 1.29 is 4.79 Å². The molecule has 0 N–H and O–H groups in total. The molecule has 0 saturated heterocycles. The van der Waals surface area contributed by atoms with Crippen LogP contribution >= 0.6 is 11.6 Å². The van der Waals surface area contributed by atoms with Gasteiger partial charge in [-0.05, 0) is 56.4 Å². The van der Waals surface area contributed by atoms with Gasteiger partial charge in [-0.3, -0.25) is 4.79 Å². The summed E-state index contributed by atoms with van der Waals surface area (Å²) in [5.41, 5.74) is 4.39. The Labute approximate surface area is 103 Å². The molecule has 0 unspecified atom stereocenters. The number of benzene rings is 1. The van der Waals surface area contributed by atoms with E-state index in [1.54, 1.807) is 0 Å². The molecule has 0 radical (unpaired) electrons. The molecule has 0 aromatic heterocycles. The van der Waals surface area contributed by atoms with Crippen LogP contribution in [0.25, 0.3) is 0 Å². The third-order valence-electron chi connectivity index (χ3n) is 2.93. The topological polar surface area (TPSA) is 17.1 Å². The first-order valence-corrected chi connectivity index (χ1v) is 6.26. The van der Waals surface area contributed by atoms with Gasteiger partial charge in [0.2, 0.25) is 0 Å². The molecular weight excluding hydrogens is 220 g/mol. The van der Waals surface area contributed by atoms with Crippen molar-refractivity contribution in [1.29, 1.82) is 0 Å². The maximum atomic E-state index is 12.0. The maximum Gasteiger partial charge on any atom is 0.163 e. The van der Waals surface area contributed by atoms with Gasteiger partial charge in [0.25, 0.3) is 0 Å². The van der Waals surface area contributed by atoms with Crippen LogP contribution in [0.2, 0.25) is 0 Å². The first-order valence-electron chi connectivity index (χ1n) is 5.73. The van der Waals surface area contributed by atoms with E-state index in [-0.39, 0.29) is 5.78 Å². The number of rotatable bonds is 5. The van der Waals surface area contributed by atoms with Crippen molar-refractivity contribution in [2.75, 3.05) is 5.88 Å². The molecule has 2 heteroatoms. The minimum absolute atomic E-state index is 0.241. The van der Waals surface area contributed by atoms with Crippen molar-refractivity contribution in [2.45, 2.75) is 40.0 Å². The molecular formula is C14H19ClO. The molecule has 1 aromatic carbocycles. The number of aryl methyl sites for hydroxylation is 3. The molecule has 16 heavy (non-hydrogen) atoms. The molecule has 0 spiro atoms. The number of hydrogen-bond acceptors (Lipinski definition) is 1. The van der Waals surface area contributed by atoms with E-state index in [9.17, 15) is 4.79 Å². The standard InChI is InChI=1S/C14H19ClO/c1-10-8-12(3)13(9-11(10)2)14(16)6-4-5-7-15/h8-9H,4-7H2,1-3H3. The predicted octanol–water partition coefficient (Wildman–Crippen LogP) is 4.20. The number of unbranched alkanes of at least 4 members (excludes halogenated alkanes) is 1. The van der Waals surface area contributed by atoms with E-state index in [1.165, 1.54) is 11.1 Å². The largest absolute Gasteiger partial charge is 0.294 e. The Balaban J connectivity index is 2.79. The Hall–Kier alpha value is -0.820. The molecule has 0 fully saturated rings. The Morgan fingerprint density at radius 1 is 1.06 bits per heavy atom. The van der Waals surface area contributed by atoms with E-state index in [4.69, 9.17) is 11.6 Å². The van der Waals surface area contributed by atoms with Crippen molar-refractivity contribution in [3.8, 4) is 0 Å². The van der Waals surface area contributed by atoms with Crippen molar-refractivity contribution in [1.82, 2.24) is 0 Å². The molecule has 0 aliphatic rings. The van der Waals surface area contributed by atoms with Crippen LogP contribution in [0.15, 0.2) is 12.1 Å². The lowest BCUT2D eigenvalue weighted by molar-refractivity contribution is 0.0979. The van der Waals surface area contributed by atoms with Gasteiger partial charge in [0.05, 0.1) is 0 Å². The Morgan fingerprint density at radius 2 is 1.69 bits per heavy atom. The molecule has 1 aromatic rings. The summed E-state index contributed by atoms with van der Waals surface area (Å²) >= 11 is 5.60. The first-order chi connectivity index (χ1) is 7.56. The van der Waals surface area contributed by atoms with Gasteiger partial charge < -0.3 is 0 Å². The lowest BCUT2D eigenvalue weighted by atomic mass is 9.96. The van der Waals surface area contributed by atoms with E-state index in [0.29, 0.717) is 12.3 Å². The Bertz CT molecular complexity index is 383. The molecule has 88 valence electrons. The number of ketones is 1. The van der Waals surface area contributed by atoms with Gasteiger partial charge in [-0.2, -0.15) is 0 Å². The highest BCUT2D eigenvalue weighted by Gasteiger charge is 2.10. The third kappa shape index (κ3) is 3.34. The SMILES string of the molecule is Cc1cc(C)c(C(=O)CCCCCl)cc1C. The fourth-order valence-corrected chi connectivity index (χ4v) is 1.96. The second-order valence-electron chi connectivity index (χ2n) is 4.32. The van der Waals surface area contributed by atoms with Crippen molar-refractivity contribution in [3.05, 3.63) is 34.4 Å². The zero-order valence-electron chi connectivity index (χ0n) is 10.3. The van der Waals surface area contributed by atoms with Crippen LogP contribution < -0.4 is 0 Å². The number of Topliss-reactive ketones (excluding diaryl/α,β-unsaturated/α-hetero) is 1. The zero-order valence-corrected chi connectivity index (χ0v) is 11.0. The summed E-state index contributed by atoms with van der Waals surface area (Å²) in [5.74, 6) is 0.879. The zero-order chi connectivity index (χ0) is 12.1. The summed E-state index contributed by atoms with van der Waals surface area (Å²) in [5, 5.41) is 0. The van der Waals surface area contributed by atoms with E-state index in [2.05, 4.69) is 13.0 Å². The van der Waals surface area contributed by atoms with Gasteiger partial charge in [0.1, 0.15) is 0 Å². The van der Waals surface area contributed by atoms with E-state index in [1.807, 2.05) is 19.9 Å². The summed E-state index contributed by atoms with van der Waals surface area (Å²) in [6, 6.07) is 4.10. The van der Waals surface area contributed by atoms with Crippen LogP contribution in [0.4, 0.5) is 0 Å². The highest BCUT2D eigenvalue weighted by Crippen LogP contribution is 2.17. The fraction of sp³-hybridized carbons (Fsp3) is 0.500. The average Bonchev–Trinajstić information content (AvgIpc) is 2.23. The molecule has 0 heterocycles. The molecule has 0 amide bonds. The quantitative estimate of drug-likeness (QED) is 0.427. The highest BCUT2D eigenvalue weighted by molar-refractivity contribution is 6.17. The van der Waals surface area contributed by atoms with Crippen molar-refractivity contribution in [2.24, 2.45) is 0 Å². The first kappa shape index (κ1) is 13.2. The summed E-state index contributed by atoms with van der Waals surface area (Å²) < 4.78 is 0. The predicted molar refractivity (Wildman–Crippen MR) is 69.6 cm³/mol. The van der Waals surface area contributed by atoms with Crippen LogP contribution in [0.3, 0.4) is 0 Å². The number of halogens is 1. The maximum absolute atomic E-state index is 12.0. The van der Waals surface area contributed by atoms with Gasteiger partial charge in [-0.1, -0.05) is 6.07 Å². The number of hydrogen-bond donors (Lipinski definition) is 0. The van der Waals surface area contributed by atoms with Crippen LogP contribution in [0, 0.1) is 20.8 Å². The number of alkyl halides is 1. The monoisotopic (exact) mass is 238 g/mol. The van der Waals surface area contributed by atoms with E-state index < -0.39 is 0 Å². The van der Waals surface area contributed by atoms with Gasteiger partial charge in [0.15, 0.2) is 5.78 Å². The van der Waals surface area contributed by atoms with Gasteiger partial charge >= 0.3 is 0 Å². The van der Waals surface area contributed by atoms with Crippen molar-refractivity contribution >= 4 is 17.4 Å². The second kappa shape index (κ2) is 6.05. The summed E-state index contributed by atoms with van der Waals surface area (Å²) in [4.78, 5) is 12.0. The molecule has 0 aliphatic carbocycles. The lowest BCUT2D eigenvalue weighted by Crippen LogP contribution is -2.03. The summed E-state index contributed by atoms with van der Waals surface area (Å²) in [6.07, 6.45) is 2.40. The van der Waals surface area contributed by atoms with E-state index in [0.717, 1.165) is 24.0 Å². The Kier molecular flexibility index (Phi) is 5.01. The fourth-order valence-electron chi connectivity index (χ4n) is 1.78. The minimum Gasteiger partial charge on any atom is -0.294 e. The third-order valence-corrected chi connectivity index (χ3v) is 3.20. The van der Waals surface area contributed by atoms with Gasteiger partial charge in [-0.25, -0.2) is 0 Å². The minimum atomic E-state index is 0.241. The van der Waals surface area contributed by atoms with Gasteiger partial charge in [0, 0.05) is 17.9 Å². The van der Waals surface area contributed by atoms with Crippen LogP contribution in [-0.4, -0.2) is 11.7 Å². The smallest absolute Gasteiger partial charge is 0.163 e. The molecule has 0 saturated carbocycles. The molecule has 0 aliphatic heterocycles. The Morgan fingerprint density at radius 3 is 2.31 bits per heavy atom. The lowest BCUT2D eigenvalue weighted by Gasteiger charge is -2.08. The van der Waals surface area contributed by atoms with Crippen LogP contribution in [-0.2, 0) is 0 Å². The van der Waals surface area contributed by atoms with Gasteiger partial charge in [-0.15, -0.1) is 11.6 Å². The van der Waals surface area contributed by atoms with E-state index >= 15 is 0 Å². The molecule has 1 nitrogen and oxygen atoms in total. The second-order valence-corrected chi connectivity index (χ2v) is 4.70. The van der Waals surface area contributed by atoms with Crippen LogP contribution in [0.1, 0.15) is 46.3 Å². The normalized spacial score (nSPS) is 10.5.